The third-order valence-corrected chi connectivity index (χ3v) is 15.0. The molecule has 8 unspecified atom stereocenters. The number of benzene rings is 2. The minimum absolute atomic E-state index is 0.0513. The van der Waals surface area contributed by atoms with Gasteiger partial charge in [0, 0.05) is 76.8 Å². The average Bonchev–Trinajstić information content (AvgIpc) is 3.50. The molecule has 7 aliphatic rings. The number of para-hydroxylation sites is 1. The van der Waals surface area contributed by atoms with Gasteiger partial charge < -0.3 is 35.9 Å². The number of nitrogens with two attached hydrogens (primary N) is 1. The van der Waals surface area contributed by atoms with Crippen molar-refractivity contribution in [1.82, 2.24) is 14.8 Å². The summed E-state index contributed by atoms with van der Waals surface area (Å²) in [6, 6.07) is 13.0. The lowest BCUT2D eigenvalue weighted by atomic mass is 9.58. The fourth-order valence-corrected chi connectivity index (χ4v) is 12.9. The van der Waals surface area contributed by atoms with E-state index in [9.17, 15) is 15.3 Å². The van der Waals surface area contributed by atoms with Crippen molar-refractivity contribution in [2.24, 2.45) is 17.6 Å². The third kappa shape index (κ3) is 5.38. The standard InChI is InChI=1S/C41H52N4O5.C2H6.CH5N.CH4O/c1-5-38(23-39-21-24(39)22-40(48,6-2)44(39)17-14-26-25-11-8-9-13-30(25)42-35(26)38)29-19-28-31(20-32(29)50-7-3)45(49-4)37-34(47)33(46)27-12-10-16-43-18-15-41(28,37)36(27)43;3*1-2/h8-13,19-20,24,27,33-34,36-37,42,46-48H,5-7,14-18,21-23H2,1-4H3;1-2H3;2H2,1H3;2H,1H3/t24?,27?,33?,34?,36?,37?,38-,39?,40?,41-;;;/m1.../s1. The van der Waals surface area contributed by atoms with E-state index >= 15 is 0 Å². The summed E-state index contributed by atoms with van der Waals surface area (Å²) in [5.41, 5.74) is 9.90. The summed E-state index contributed by atoms with van der Waals surface area (Å²) < 4.78 is 6.71. The Morgan fingerprint density at radius 2 is 1.70 bits per heavy atom. The summed E-state index contributed by atoms with van der Waals surface area (Å²) in [5, 5.41) is 45.9. The highest BCUT2D eigenvalue weighted by Crippen LogP contribution is 2.69. The van der Waals surface area contributed by atoms with E-state index in [4.69, 9.17) is 14.7 Å². The van der Waals surface area contributed by atoms with Crippen molar-refractivity contribution in [1.29, 1.82) is 0 Å². The van der Waals surface area contributed by atoms with Crippen LogP contribution in [-0.4, -0.2) is 118 Å². The first-order chi connectivity index (χ1) is 27.2. The molecule has 4 fully saturated rings. The van der Waals surface area contributed by atoms with E-state index in [0.717, 1.165) is 88.6 Å². The van der Waals surface area contributed by atoms with Crippen molar-refractivity contribution in [3.63, 3.8) is 0 Å². The van der Waals surface area contributed by atoms with E-state index in [0.29, 0.717) is 12.5 Å². The first-order valence-corrected chi connectivity index (χ1v) is 21.3. The monoisotopic (exact) mass is 774 g/mol. The number of aliphatic hydroxyl groups is 4. The molecule has 11 nitrogen and oxygen atoms in total. The van der Waals surface area contributed by atoms with Crippen LogP contribution in [0.3, 0.4) is 0 Å². The first-order valence-electron chi connectivity index (χ1n) is 21.3. The maximum absolute atomic E-state index is 12.1. The number of nitrogens with one attached hydrogen (secondary N) is 1. The Kier molecular flexibility index (Phi) is 11.3. The molecule has 3 aromatic rings. The third-order valence-electron chi connectivity index (χ3n) is 15.0. The topological polar surface area (TPSA) is 151 Å². The lowest BCUT2D eigenvalue weighted by molar-refractivity contribution is -0.120. The highest BCUT2D eigenvalue weighted by Gasteiger charge is 2.72. The van der Waals surface area contributed by atoms with Crippen LogP contribution in [0.25, 0.3) is 10.9 Å². The summed E-state index contributed by atoms with van der Waals surface area (Å²) >= 11 is 0. The highest BCUT2D eigenvalue weighted by atomic mass is 16.7. The van der Waals surface area contributed by atoms with Gasteiger partial charge in [-0.25, -0.2) is 5.06 Å². The van der Waals surface area contributed by atoms with Gasteiger partial charge in [0.25, 0.3) is 0 Å². The second-order valence-corrected chi connectivity index (χ2v) is 16.6. The lowest BCUT2D eigenvalue weighted by Crippen LogP contribution is -2.69. The van der Waals surface area contributed by atoms with Crippen LogP contribution in [-0.2, 0) is 22.1 Å². The van der Waals surface area contributed by atoms with Gasteiger partial charge in [0.1, 0.15) is 17.6 Å². The number of hydroxylamine groups is 1. The van der Waals surface area contributed by atoms with Gasteiger partial charge in [0.05, 0.1) is 31.5 Å². The zero-order valence-corrected chi connectivity index (χ0v) is 34.9. The maximum atomic E-state index is 12.1. The zero-order chi connectivity index (χ0) is 40.4. The fourth-order valence-electron chi connectivity index (χ4n) is 12.9. The van der Waals surface area contributed by atoms with E-state index in [1.807, 2.05) is 18.9 Å². The SMILES string of the molecule is CC.CCOc1cc2c(cc1[C@@]1(CC)CC34CC3CC(O)(CC)N4CCc3c1[nH]c1ccccc31)[C@@]13CCN4CC=CC(C(O)C(O)C1N2OC)C43.CN.CO. The average molecular weight is 774 g/mol. The molecule has 56 heavy (non-hydrogen) atoms. The van der Waals surface area contributed by atoms with Crippen molar-refractivity contribution < 1.29 is 30.0 Å². The molecule has 308 valence electrons. The zero-order valence-electron chi connectivity index (χ0n) is 34.9. The number of piperidine rings is 1. The number of anilines is 1. The van der Waals surface area contributed by atoms with Crippen molar-refractivity contribution in [3.8, 4) is 5.75 Å². The molecular weight excluding hydrogens is 707 g/mol. The van der Waals surface area contributed by atoms with Crippen molar-refractivity contribution in [2.45, 2.75) is 126 Å². The van der Waals surface area contributed by atoms with Crippen molar-refractivity contribution in [2.75, 3.05) is 52.6 Å². The van der Waals surface area contributed by atoms with Crippen molar-refractivity contribution >= 4 is 16.6 Å². The van der Waals surface area contributed by atoms with Crippen LogP contribution >= 0.6 is 0 Å². The Hall–Kier alpha value is -3.00. The smallest absolute Gasteiger partial charge is 0.125 e. The minimum Gasteiger partial charge on any atom is -0.493 e. The molecule has 2 saturated heterocycles. The number of fused-ring (bicyclic) bond motifs is 4. The summed E-state index contributed by atoms with van der Waals surface area (Å²) in [4.78, 5) is 15.2. The van der Waals surface area contributed by atoms with E-state index < -0.39 is 34.8 Å². The second kappa shape index (κ2) is 15.3. The van der Waals surface area contributed by atoms with Gasteiger partial charge in [-0.05, 0) is 94.6 Å². The quantitative estimate of drug-likeness (QED) is 0.190. The van der Waals surface area contributed by atoms with E-state index in [1.54, 1.807) is 7.11 Å². The molecule has 2 aliphatic carbocycles. The number of aromatic nitrogens is 1. The van der Waals surface area contributed by atoms with Crippen molar-refractivity contribution in [3.05, 3.63) is 70.9 Å². The van der Waals surface area contributed by atoms with Gasteiger partial charge in [0.15, 0.2) is 0 Å². The predicted octanol–water partition coefficient (Wildman–Crippen LogP) is 4.97. The molecule has 2 saturated carbocycles. The number of H-pyrrole nitrogens is 1. The first kappa shape index (κ1) is 41.2. The van der Waals surface area contributed by atoms with Gasteiger partial charge in [-0.1, -0.05) is 58.0 Å². The lowest BCUT2D eigenvalue weighted by Gasteiger charge is -2.53. The normalized spacial score (nSPS) is 37.1. The van der Waals surface area contributed by atoms with Crippen LogP contribution in [0.5, 0.6) is 5.75 Å². The van der Waals surface area contributed by atoms with Gasteiger partial charge in [-0.2, -0.15) is 0 Å². The van der Waals surface area contributed by atoms with Crippen LogP contribution in [0.2, 0.25) is 0 Å². The molecule has 1 aromatic heterocycles. The molecule has 5 aliphatic heterocycles. The number of hydrogen-bond acceptors (Lipinski definition) is 10. The molecule has 10 atom stereocenters. The number of rotatable bonds is 6. The second-order valence-electron chi connectivity index (χ2n) is 16.6. The Morgan fingerprint density at radius 1 is 0.946 bits per heavy atom. The molecule has 0 radical (unpaired) electrons. The summed E-state index contributed by atoms with van der Waals surface area (Å²) in [6.07, 6.45) is 8.64. The minimum atomic E-state index is -0.975. The van der Waals surface area contributed by atoms with Crippen LogP contribution in [0.1, 0.15) is 95.5 Å². The molecule has 10 rings (SSSR count). The molecule has 6 heterocycles. The van der Waals surface area contributed by atoms with Gasteiger partial charge in [-0.15, -0.1) is 0 Å². The number of aromatic amines is 1. The van der Waals surface area contributed by atoms with Crippen LogP contribution in [0, 0.1) is 11.8 Å². The molecule has 7 N–H and O–H groups in total. The number of aliphatic hydroxyl groups excluding tert-OH is 3. The summed E-state index contributed by atoms with van der Waals surface area (Å²) in [5.74, 6) is 1.16. The number of ether oxygens (including phenoxy) is 1. The molecule has 2 aromatic carbocycles. The van der Waals surface area contributed by atoms with Gasteiger partial charge in [-0.3, -0.25) is 14.6 Å². The number of hydrogen-bond donors (Lipinski definition) is 6. The van der Waals surface area contributed by atoms with Gasteiger partial charge >= 0.3 is 0 Å². The summed E-state index contributed by atoms with van der Waals surface area (Å²) in [7, 11) is 4.19. The van der Waals surface area contributed by atoms with Crippen LogP contribution < -0.4 is 15.5 Å². The Bertz CT molecular complexity index is 1920. The van der Waals surface area contributed by atoms with E-state index in [1.165, 1.54) is 34.8 Å². The number of nitrogens with zero attached hydrogens (tertiary/aromatic N) is 3. The van der Waals surface area contributed by atoms with E-state index in [-0.39, 0.29) is 17.5 Å². The van der Waals surface area contributed by atoms with E-state index in [2.05, 4.69) is 89.8 Å². The fraction of sp³-hybridized carbons (Fsp3) is 0.644. The van der Waals surface area contributed by atoms with Gasteiger partial charge in [0.2, 0.25) is 0 Å². The molecule has 0 bridgehead atoms. The Balaban J connectivity index is 0.000000766. The Labute approximate surface area is 333 Å². The molecular formula is C45H67N5O6. The predicted molar refractivity (Wildman–Crippen MR) is 222 cm³/mol. The highest BCUT2D eigenvalue weighted by molar-refractivity contribution is 5.86. The largest absolute Gasteiger partial charge is 0.493 e. The molecule has 11 heteroatoms. The summed E-state index contributed by atoms with van der Waals surface area (Å²) in [6.45, 7) is 13.6. The Morgan fingerprint density at radius 3 is 2.39 bits per heavy atom. The molecule has 2 spiro atoms. The van der Waals surface area contributed by atoms with Crippen LogP contribution in [0.15, 0.2) is 48.6 Å². The maximum Gasteiger partial charge on any atom is 0.125 e. The van der Waals surface area contributed by atoms with Crippen LogP contribution in [0.4, 0.5) is 5.69 Å². The molecule has 0 amide bonds.